The Morgan fingerprint density at radius 3 is 2.88 bits per heavy atom. The molecule has 0 radical (unpaired) electrons. The van der Waals surface area contributed by atoms with Crippen LogP contribution in [0.4, 0.5) is 0 Å². The monoisotopic (exact) mass is 296 g/mol. The highest BCUT2D eigenvalue weighted by molar-refractivity contribution is 9.09. The van der Waals surface area contributed by atoms with Gasteiger partial charge in [0.25, 0.3) is 0 Å². The predicted octanol–water partition coefficient (Wildman–Crippen LogP) is 4.50. The zero-order valence-electron chi connectivity index (χ0n) is 10.7. The highest BCUT2D eigenvalue weighted by atomic mass is 79.9. The van der Waals surface area contributed by atoms with E-state index in [0.717, 1.165) is 18.4 Å². The Balaban J connectivity index is 2.04. The lowest BCUT2D eigenvalue weighted by atomic mass is 9.89. The van der Waals surface area contributed by atoms with E-state index in [-0.39, 0.29) is 5.41 Å². The fourth-order valence-electron chi connectivity index (χ4n) is 2.25. The lowest BCUT2D eigenvalue weighted by Crippen LogP contribution is -2.24. The second-order valence-corrected chi connectivity index (χ2v) is 6.25. The summed E-state index contributed by atoms with van der Waals surface area (Å²) < 4.78 is 6.14. The van der Waals surface area contributed by atoms with Crippen LogP contribution in [0.3, 0.4) is 0 Å². The van der Waals surface area contributed by atoms with Crippen LogP contribution in [-0.4, -0.2) is 11.9 Å². The van der Waals surface area contributed by atoms with E-state index in [4.69, 9.17) is 4.74 Å². The summed E-state index contributed by atoms with van der Waals surface area (Å²) in [5, 5.41) is 0.981. The average Bonchev–Trinajstić information content (AvgIpc) is 2.36. The molecule has 0 N–H and O–H groups in total. The Hall–Kier alpha value is -0.340. The van der Waals surface area contributed by atoms with Gasteiger partial charge in [-0.2, -0.15) is 0 Å². The summed E-state index contributed by atoms with van der Waals surface area (Å²) in [6, 6.07) is 8.71. The summed E-state index contributed by atoms with van der Waals surface area (Å²) in [4.78, 5) is 0. The molecule has 2 rings (SSSR count). The van der Waals surface area contributed by atoms with Crippen molar-refractivity contribution >= 4 is 15.9 Å². The number of fused-ring (bicyclic) bond motifs is 1. The number of ether oxygens (including phenoxy) is 1. The number of rotatable bonds is 4. The quantitative estimate of drug-likeness (QED) is 0.743. The van der Waals surface area contributed by atoms with Crippen molar-refractivity contribution in [1.29, 1.82) is 0 Å². The predicted molar refractivity (Wildman–Crippen MR) is 75.6 cm³/mol. The molecule has 17 heavy (non-hydrogen) atoms. The molecular weight excluding hydrogens is 276 g/mol. The van der Waals surface area contributed by atoms with Crippen molar-refractivity contribution in [2.45, 2.75) is 39.2 Å². The minimum Gasteiger partial charge on any atom is -0.373 e. The fourth-order valence-corrected chi connectivity index (χ4v) is 2.41. The standard InChI is InChI=1S/C15H21BrO/c1-15(2,10-16)11-17-14-9-5-7-12-6-3-4-8-13(12)14/h3-4,6,8,14H,5,7,9-11H2,1-2H3. The van der Waals surface area contributed by atoms with Gasteiger partial charge in [-0.1, -0.05) is 54.0 Å². The summed E-state index contributed by atoms with van der Waals surface area (Å²) in [7, 11) is 0. The largest absolute Gasteiger partial charge is 0.373 e. The van der Waals surface area contributed by atoms with Gasteiger partial charge in [-0.15, -0.1) is 0 Å². The average molecular weight is 297 g/mol. The lowest BCUT2D eigenvalue weighted by Gasteiger charge is -2.29. The Bertz CT molecular complexity index is 373. The first-order chi connectivity index (χ1) is 8.12. The molecule has 1 atom stereocenters. The molecule has 0 heterocycles. The Morgan fingerprint density at radius 1 is 1.35 bits per heavy atom. The first-order valence-electron chi connectivity index (χ1n) is 6.38. The van der Waals surface area contributed by atoms with Gasteiger partial charge >= 0.3 is 0 Å². The first-order valence-corrected chi connectivity index (χ1v) is 7.50. The molecule has 1 aromatic carbocycles. The van der Waals surface area contributed by atoms with Gasteiger partial charge in [0.05, 0.1) is 12.7 Å². The van der Waals surface area contributed by atoms with Crippen LogP contribution >= 0.6 is 15.9 Å². The van der Waals surface area contributed by atoms with E-state index in [2.05, 4.69) is 54.0 Å². The molecule has 1 nitrogen and oxygen atoms in total. The van der Waals surface area contributed by atoms with Crippen molar-refractivity contribution < 1.29 is 4.74 Å². The number of alkyl halides is 1. The van der Waals surface area contributed by atoms with E-state index in [9.17, 15) is 0 Å². The molecule has 1 aliphatic rings. The zero-order valence-corrected chi connectivity index (χ0v) is 12.3. The molecule has 0 amide bonds. The minimum absolute atomic E-state index is 0.215. The van der Waals surface area contributed by atoms with Gasteiger partial charge in [-0.3, -0.25) is 0 Å². The Morgan fingerprint density at radius 2 is 2.12 bits per heavy atom. The van der Waals surface area contributed by atoms with Crippen LogP contribution in [0.1, 0.15) is 43.9 Å². The van der Waals surface area contributed by atoms with Gasteiger partial charge in [0.2, 0.25) is 0 Å². The molecule has 94 valence electrons. The molecule has 0 fully saturated rings. The van der Waals surface area contributed by atoms with Crippen molar-refractivity contribution in [1.82, 2.24) is 0 Å². The van der Waals surface area contributed by atoms with Gasteiger partial charge in [-0.25, -0.2) is 0 Å². The van der Waals surface area contributed by atoms with E-state index in [1.807, 2.05) is 0 Å². The molecule has 1 aliphatic carbocycles. The maximum absolute atomic E-state index is 6.14. The molecule has 1 unspecified atom stereocenters. The third kappa shape index (κ3) is 3.32. The van der Waals surface area contributed by atoms with Crippen LogP contribution in [0.5, 0.6) is 0 Å². The second-order valence-electron chi connectivity index (χ2n) is 5.69. The Labute approximate surface area is 113 Å². The summed E-state index contributed by atoms with van der Waals surface area (Å²) in [6.45, 7) is 5.28. The summed E-state index contributed by atoms with van der Waals surface area (Å²) >= 11 is 3.55. The summed E-state index contributed by atoms with van der Waals surface area (Å²) in [6.07, 6.45) is 3.92. The van der Waals surface area contributed by atoms with Crippen LogP contribution in [0.25, 0.3) is 0 Å². The first kappa shape index (κ1) is 13.1. The molecule has 0 aromatic heterocycles. The van der Waals surface area contributed by atoms with Gasteiger partial charge in [0.1, 0.15) is 0 Å². The summed E-state index contributed by atoms with van der Waals surface area (Å²) in [5.41, 5.74) is 3.09. The van der Waals surface area contributed by atoms with Crippen LogP contribution < -0.4 is 0 Å². The Kier molecular flexibility index (Phi) is 4.26. The number of halogens is 1. The number of aryl methyl sites for hydroxylation is 1. The molecule has 0 spiro atoms. The molecule has 0 saturated heterocycles. The topological polar surface area (TPSA) is 9.23 Å². The number of hydrogen-bond donors (Lipinski definition) is 0. The SMILES string of the molecule is CC(C)(CBr)COC1CCCc2ccccc21. The van der Waals surface area contributed by atoms with Crippen molar-refractivity contribution in [3.63, 3.8) is 0 Å². The van der Waals surface area contributed by atoms with Gasteiger partial charge in [0, 0.05) is 5.33 Å². The maximum Gasteiger partial charge on any atom is 0.0828 e. The molecule has 1 aromatic rings. The van der Waals surface area contributed by atoms with E-state index in [0.29, 0.717) is 6.10 Å². The molecular formula is C15H21BrO. The highest BCUT2D eigenvalue weighted by Gasteiger charge is 2.23. The van der Waals surface area contributed by atoms with E-state index in [1.54, 1.807) is 0 Å². The van der Waals surface area contributed by atoms with Gasteiger partial charge in [0.15, 0.2) is 0 Å². The molecule has 0 saturated carbocycles. The molecule has 2 heteroatoms. The smallest absolute Gasteiger partial charge is 0.0828 e. The maximum atomic E-state index is 6.14. The lowest BCUT2D eigenvalue weighted by molar-refractivity contribution is 0.000445. The van der Waals surface area contributed by atoms with Crippen molar-refractivity contribution in [2.24, 2.45) is 5.41 Å². The number of hydrogen-bond acceptors (Lipinski definition) is 1. The van der Waals surface area contributed by atoms with Crippen molar-refractivity contribution in [3.05, 3.63) is 35.4 Å². The third-order valence-electron chi connectivity index (χ3n) is 3.35. The van der Waals surface area contributed by atoms with Crippen LogP contribution in [0.15, 0.2) is 24.3 Å². The van der Waals surface area contributed by atoms with Gasteiger partial charge in [-0.05, 0) is 35.8 Å². The van der Waals surface area contributed by atoms with Crippen LogP contribution in [-0.2, 0) is 11.2 Å². The van der Waals surface area contributed by atoms with E-state index in [1.165, 1.54) is 24.0 Å². The van der Waals surface area contributed by atoms with Crippen LogP contribution in [0, 0.1) is 5.41 Å². The van der Waals surface area contributed by atoms with E-state index < -0.39 is 0 Å². The van der Waals surface area contributed by atoms with Crippen LogP contribution in [0.2, 0.25) is 0 Å². The fraction of sp³-hybridized carbons (Fsp3) is 0.600. The highest BCUT2D eigenvalue weighted by Crippen LogP contribution is 2.33. The van der Waals surface area contributed by atoms with Crippen molar-refractivity contribution in [2.75, 3.05) is 11.9 Å². The van der Waals surface area contributed by atoms with Gasteiger partial charge < -0.3 is 4.74 Å². The number of benzene rings is 1. The second kappa shape index (κ2) is 5.53. The third-order valence-corrected chi connectivity index (χ3v) is 4.87. The molecule has 0 bridgehead atoms. The summed E-state index contributed by atoms with van der Waals surface area (Å²) in [5.74, 6) is 0. The molecule has 0 aliphatic heterocycles. The van der Waals surface area contributed by atoms with Crippen molar-refractivity contribution in [3.8, 4) is 0 Å². The zero-order chi connectivity index (χ0) is 12.3. The normalized spacial score (nSPS) is 20.1. The van der Waals surface area contributed by atoms with E-state index >= 15 is 0 Å². The minimum atomic E-state index is 0.215.